The van der Waals surface area contributed by atoms with Crippen molar-refractivity contribution in [1.29, 1.82) is 0 Å². The smallest absolute Gasteiger partial charge is 0.293 e. The molecule has 0 saturated heterocycles. The SMILES string of the molecule is [CH2]C(Cc1ccccc1O)OC=O. The van der Waals surface area contributed by atoms with Crippen molar-refractivity contribution in [3.63, 3.8) is 0 Å². The number of hydrogen-bond donors (Lipinski definition) is 1. The molecule has 1 aromatic rings. The Morgan fingerprint density at radius 3 is 2.85 bits per heavy atom. The molecule has 1 rings (SSSR count). The van der Waals surface area contributed by atoms with Crippen molar-refractivity contribution in [2.75, 3.05) is 0 Å². The summed E-state index contributed by atoms with van der Waals surface area (Å²) >= 11 is 0. The van der Waals surface area contributed by atoms with Crippen LogP contribution in [0.4, 0.5) is 0 Å². The van der Waals surface area contributed by atoms with Crippen molar-refractivity contribution in [3.8, 4) is 5.75 Å². The van der Waals surface area contributed by atoms with Crippen LogP contribution in [0, 0.1) is 6.92 Å². The van der Waals surface area contributed by atoms with Gasteiger partial charge in [-0.2, -0.15) is 0 Å². The fourth-order valence-corrected chi connectivity index (χ4v) is 1.06. The number of rotatable bonds is 4. The van der Waals surface area contributed by atoms with Crippen LogP contribution < -0.4 is 0 Å². The minimum absolute atomic E-state index is 0.200. The molecule has 69 valence electrons. The highest BCUT2D eigenvalue weighted by Gasteiger charge is 2.06. The van der Waals surface area contributed by atoms with Gasteiger partial charge < -0.3 is 9.84 Å². The molecule has 3 nitrogen and oxygen atoms in total. The van der Waals surface area contributed by atoms with Crippen LogP contribution in [0.15, 0.2) is 24.3 Å². The highest BCUT2D eigenvalue weighted by atomic mass is 16.5. The zero-order valence-electron chi connectivity index (χ0n) is 7.14. The third kappa shape index (κ3) is 2.78. The molecule has 0 aromatic heterocycles. The van der Waals surface area contributed by atoms with Crippen LogP contribution in [0.3, 0.4) is 0 Å². The zero-order valence-corrected chi connectivity index (χ0v) is 7.14. The fourth-order valence-electron chi connectivity index (χ4n) is 1.06. The molecular weight excluding hydrogens is 168 g/mol. The predicted octanol–water partition coefficient (Wildman–Crippen LogP) is 1.31. The molecule has 0 fully saturated rings. The average molecular weight is 179 g/mol. The normalized spacial score (nSPS) is 12.1. The summed E-state index contributed by atoms with van der Waals surface area (Å²) in [6.07, 6.45) is -0.0309. The van der Waals surface area contributed by atoms with Crippen molar-refractivity contribution in [1.82, 2.24) is 0 Å². The second kappa shape index (κ2) is 4.50. The lowest BCUT2D eigenvalue weighted by atomic mass is 10.1. The summed E-state index contributed by atoms with van der Waals surface area (Å²) in [6.45, 7) is 3.96. The average Bonchev–Trinajstić information content (AvgIpc) is 2.09. The Hall–Kier alpha value is -1.51. The van der Waals surface area contributed by atoms with E-state index in [0.717, 1.165) is 5.56 Å². The van der Waals surface area contributed by atoms with Crippen LogP contribution in [0.5, 0.6) is 5.75 Å². The van der Waals surface area contributed by atoms with Crippen LogP contribution in [0.25, 0.3) is 0 Å². The van der Waals surface area contributed by atoms with Crippen molar-refractivity contribution >= 4 is 6.47 Å². The standard InChI is InChI=1S/C10H11O3/c1-8(13-7-11)6-9-4-2-3-5-10(9)12/h2-5,7-8,12H,1,6H2. The first-order chi connectivity index (χ1) is 6.24. The second-order valence-corrected chi connectivity index (χ2v) is 2.69. The number of hydrogen-bond acceptors (Lipinski definition) is 3. The highest BCUT2D eigenvalue weighted by molar-refractivity contribution is 5.38. The van der Waals surface area contributed by atoms with E-state index >= 15 is 0 Å². The van der Waals surface area contributed by atoms with Gasteiger partial charge in [-0.15, -0.1) is 0 Å². The second-order valence-electron chi connectivity index (χ2n) is 2.69. The Morgan fingerprint density at radius 2 is 2.23 bits per heavy atom. The first-order valence-corrected chi connectivity index (χ1v) is 3.93. The molecule has 0 heterocycles. The van der Waals surface area contributed by atoms with Gasteiger partial charge in [0.25, 0.3) is 6.47 Å². The third-order valence-electron chi connectivity index (χ3n) is 1.69. The largest absolute Gasteiger partial charge is 0.508 e. The lowest BCUT2D eigenvalue weighted by Gasteiger charge is -2.09. The molecule has 1 atom stereocenters. The molecule has 0 saturated carbocycles. The summed E-state index contributed by atoms with van der Waals surface area (Å²) < 4.78 is 4.60. The Morgan fingerprint density at radius 1 is 1.54 bits per heavy atom. The van der Waals surface area contributed by atoms with Gasteiger partial charge in [-0.25, -0.2) is 0 Å². The minimum Gasteiger partial charge on any atom is -0.508 e. The van der Waals surface area contributed by atoms with Crippen molar-refractivity contribution < 1.29 is 14.6 Å². The molecule has 0 amide bonds. The molecule has 0 bridgehead atoms. The maximum Gasteiger partial charge on any atom is 0.293 e. The number of phenolic OH excluding ortho intramolecular Hbond substituents is 1. The van der Waals surface area contributed by atoms with Gasteiger partial charge in [0.1, 0.15) is 11.9 Å². The van der Waals surface area contributed by atoms with Crippen molar-refractivity contribution in [2.24, 2.45) is 0 Å². The van der Waals surface area contributed by atoms with Crippen LogP contribution in [0.2, 0.25) is 0 Å². The van der Waals surface area contributed by atoms with Crippen LogP contribution in [-0.2, 0) is 16.0 Å². The number of carbonyl (C=O) groups is 1. The fraction of sp³-hybridized carbons (Fsp3) is 0.200. The molecule has 1 unspecified atom stereocenters. The van der Waals surface area contributed by atoms with E-state index in [2.05, 4.69) is 11.7 Å². The lowest BCUT2D eigenvalue weighted by Crippen LogP contribution is -2.10. The van der Waals surface area contributed by atoms with Crippen LogP contribution in [0.1, 0.15) is 5.56 Å². The Kier molecular flexibility index (Phi) is 3.31. The summed E-state index contributed by atoms with van der Waals surface area (Å²) in [5.74, 6) is 0.200. The Bertz CT molecular complexity index is 283. The molecule has 3 heteroatoms. The molecule has 0 aliphatic heterocycles. The summed E-state index contributed by atoms with van der Waals surface area (Å²) in [5, 5.41) is 9.36. The van der Waals surface area contributed by atoms with Gasteiger partial charge in [-0.3, -0.25) is 4.79 Å². The first-order valence-electron chi connectivity index (χ1n) is 3.93. The molecule has 1 N–H and O–H groups in total. The Labute approximate surface area is 77.0 Å². The lowest BCUT2D eigenvalue weighted by molar-refractivity contribution is -0.131. The predicted molar refractivity (Wildman–Crippen MR) is 48.1 cm³/mol. The summed E-state index contributed by atoms with van der Waals surface area (Å²) in [4.78, 5) is 9.97. The summed E-state index contributed by atoms with van der Waals surface area (Å²) in [5.41, 5.74) is 0.726. The van der Waals surface area contributed by atoms with Crippen molar-refractivity contribution in [2.45, 2.75) is 12.5 Å². The van der Waals surface area contributed by atoms with Gasteiger partial charge in [0.2, 0.25) is 0 Å². The minimum atomic E-state index is -0.453. The maximum atomic E-state index is 9.97. The van der Waals surface area contributed by atoms with Crippen molar-refractivity contribution in [3.05, 3.63) is 36.8 Å². The monoisotopic (exact) mass is 179 g/mol. The van der Waals surface area contributed by atoms with E-state index in [4.69, 9.17) is 0 Å². The zero-order chi connectivity index (χ0) is 9.68. The quantitative estimate of drug-likeness (QED) is 0.709. The molecule has 0 aliphatic rings. The topological polar surface area (TPSA) is 46.5 Å². The van der Waals surface area contributed by atoms with E-state index in [1.54, 1.807) is 18.2 Å². The van der Waals surface area contributed by atoms with Gasteiger partial charge in [0, 0.05) is 6.42 Å². The van der Waals surface area contributed by atoms with E-state index in [-0.39, 0.29) is 5.75 Å². The molecule has 1 radical (unpaired) electrons. The number of ether oxygens (including phenoxy) is 1. The van der Waals surface area contributed by atoms with Gasteiger partial charge in [-0.05, 0) is 18.6 Å². The molecule has 13 heavy (non-hydrogen) atoms. The number of benzene rings is 1. The van der Waals surface area contributed by atoms with E-state index < -0.39 is 6.10 Å². The van der Waals surface area contributed by atoms with Crippen LogP contribution in [-0.4, -0.2) is 17.7 Å². The molecule has 1 aromatic carbocycles. The number of aromatic hydroxyl groups is 1. The van der Waals surface area contributed by atoms with E-state index in [9.17, 15) is 9.90 Å². The molecule has 0 aliphatic carbocycles. The number of phenols is 1. The first kappa shape index (κ1) is 9.58. The number of carbonyl (C=O) groups excluding carboxylic acids is 1. The van der Waals surface area contributed by atoms with E-state index in [1.165, 1.54) is 0 Å². The van der Waals surface area contributed by atoms with E-state index in [0.29, 0.717) is 12.9 Å². The molecular formula is C10H11O3. The van der Waals surface area contributed by atoms with Gasteiger partial charge in [-0.1, -0.05) is 18.2 Å². The van der Waals surface area contributed by atoms with Gasteiger partial charge in [0.15, 0.2) is 0 Å². The maximum absolute atomic E-state index is 9.97. The molecule has 0 spiro atoms. The van der Waals surface area contributed by atoms with Crippen LogP contribution >= 0.6 is 0 Å². The summed E-state index contributed by atoms with van der Waals surface area (Å²) in [7, 11) is 0. The Balaban J connectivity index is 2.63. The highest BCUT2D eigenvalue weighted by Crippen LogP contribution is 2.17. The summed E-state index contributed by atoms with van der Waals surface area (Å²) in [6, 6.07) is 6.89. The third-order valence-corrected chi connectivity index (χ3v) is 1.69. The van der Waals surface area contributed by atoms with E-state index in [1.807, 2.05) is 6.07 Å². The van der Waals surface area contributed by atoms with Gasteiger partial charge >= 0.3 is 0 Å². The number of para-hydroxylation sites is 1. The van der Waals surface area contributed by atoms with Gasteiger partial charge in [0.05, 0.1) is 0 Å².